The molecule has 0 bridgehead atoms. The number of hydrogen-bond acceptors (Lipinski definition) is 2. The zero-order valence-corrected chi connectivity index (χ0v) is 22.5. The maximum Gasteiger partial charge on any atom is 0.0541 e. The van der Waals surface area contributed by atoms with Crippen molar-refractivity contribution in [3.63, 3.8) is 0 Å². The highest BCUT2D eigenvalue weighted by Gasteiger charge is 2.14. The van der Waals surface area contributed by atoms with E-state index in [4.69, 9.17) is 0 Å². The molecule has 9 rings (SSSR count). The van der Waals surface area contributed by atoms with E-state index >= 15 is 0 Å². The Morgan fingerprint density at radius 2 is 0.897 bits per heavy atom. The van der Waals surface area contributed by atoms with Crippen molar-refractivity contribution in [2.24, 2.45) is 0 Å². The number of para-hydroxylation sites is 2. The van der Waals surface area contributed by atoms with E-state index in [0.717, 1.165) is 0 Å². The average Bonchev–Trinajstić information content (AvgIpc) is 3.65. The van der Waals surface area contributed by atoms with Crippen LogP contribution in [0.2, 0.25) is 0 Å². The summed E-state index contributed by atoms with van der Waals surface area (Å²) in [5, 5.41) is 7.93. The number of aromatic nitrogens is 1. The van der Waals surface area contributed by atoms with Gasteiger partial charge in [0.2, 0.25) is 0 Å². The molecule has 0 fully saturated rings. The summed E-state index contributed by atoms with van der Waals surface area (Å²) in [5.74, 6) is 0. The number of benzene rings is 6. The molecule has 1 nitrogen and oxygen atoms in total. The highest BCUT2D eigenvalue weighted by molar-refractivity contribution is 7.26. The first-order valence-electron chi connectivity index (χ1n) is 13.2. The van der Waals surface area contributed by atoms with Gasteiger partial charge in [0.1, 0.15) is 0 Å². The maximum absolute atomic E-state index is 2.41. The SMILES string of the molecule is c1ccc2c(c1)sc1ccc(-c3ccc4c(c3)sc3ccc(-n5c6ccccc6c6ccccc65)cc34)cc12. The van der Waals surface area contributed by atoms with Crippen LogP contribution in [0.4, 0.5) is 0 Å². The molecule has 0 aliphatic heterocycles. The highest BCUT2D eigenvalue weighted by atomic mass is 32.1. The summed E-state index contributed by atoms with van der Waals surface area (Å²) in [6, 6.07) is 47.0. The molecule has 39 heavy (non-hydrogen) atoms. The lowest BCUT2D eigenvalue weighted by molar-refractivity contribution is 1.19. The summed E-state index contributed by atoms with van der Waals surface area (Å²) in [6.07, 6.45) is 0. The van der Waals surface area contributed by atoms with E-state index in [9.17, 15) is 0 Å². The molecule has 9 aromatic rings. The minimum absolute atomic E-state index is 1.21. The summed E-state index contributed by atoms with van der Waals surface area (Å²) in [6.45, 7) is 0. The van der Waals surface area contributed by atoms with Crippen LogP contribution in [0.25, 0.3) is 79.0 Å². The number of thiophene rings is 2. The Labute approximate surface area is 232 Å². The highest BCUT2D eigenvalue weighted by Crippen LogP contribution is 2.41. The standard InChI is InChI=1S/C36H21NS2/c1-4-10-31-25(7-1)26-8-2-5-11-32(26)37(31)24-15-18-35-30(21-24)28-16-13-23(20-36(28)39-35)22-14-17-34-29(19-22)27-9-3-6-12-33(27)38-34/h1-21H. The minimum atomic E-state index is 1.21. The van der Waals surface area contributed by atoms with Crippen LogP contribution in [0, 0.1) is 0 Å². The smallest absolute Gasteiger partial charge is 0.0541 e. The Bertz CT molecular complexity index is 2350. The van der Waals surface area contributed by atoms with E-state index in [1.807, 2.05) is 22.7 Å². The maximum atomic E-state index is 2.41. The Kier molecular flexibility index (Phi) is 4.43. The second kappa shape index (κ2) is 8.03. The van der Waals surface area contributed by atoms with E-state index in [0.29, 0.717) is 0 Å². The molecule has 6 aromatic carbocycles. The van der Waals surface area contributed by atoms with Gasteiger partial charge in [-0.2, -0.15) is 0 Å². The van der Waals surface area contributed by atoms with E-state index in [-0.39, 0.29) is 0 Å². The number of nitrogens with zero attached hydrogens (tertiary/aromatic N) is 1. The van der Waals surface area contributed by atoms with Gasteiger partial charge in [0.15, 0.2) is 0 Å². The van der Waals surface area contributed by atoms with Crippen LogP contribution >= 0.6 is 22.7 Å². The average molecular weight is 532 g/mol. The second-order valence-electron chi connectivity index (χ2n) is 10.2. The largest absolute Gasteiger partial charge is 0.309 e. The molecule has 0 amide bonds. The molecule has 0 aliphatic carbocycles. The van der Waals surface area contributed by atoms with Crippen molar-refractivity contribution in [2.75, 3.05) is 0 Å². The first kappa shape index (κ1) is 21.5. The summed E-state index contributed by atoms with van der Waals surface area (Å²) in [5.41, 5.74) is 6.25. The molecule has 0 atom stereocenters. The molecular formula is C36H21NS2. The number of hydrogen-bond donors (Lipinski definition) is 0. The van der Waals surface area contributed by atoms with Crippen molar-refractivity contribution in [3.8, 4) is 16.8 Å². The molecule has 0 N–H and O–H groups in total. The number of rotatable bonds is 2. The molecule has 0 saturated heterocycles. The zero-order chi connectivity index (χ0) is 25.5. The van der Waals surface area contributed by atoms with Crippen LogP contribution in [0.3, 0.4) is 0 Å². The second-order valence-corrected chi connectivity index (χ2v) is 12.3. The quantitative estimate of drug-likeness (QED) is 0.209. The van der Waals surface area contributed by atoms with Crippen LogP contribution in [0.5, 0.6) is 0 Å². The molecule has 3 heteroatoms. The monoisotopic (exact) mass is 531 g/mol. The lowest BCUT2D eigenvalue weighted by atomic mass is 10.0. The zero-order valence-electron chi connectivity index (χ0n) is 20.9. The van der Waals surface area contributed by atoms with Crippen molar-refractivity contribution in [1.82, 2.24) is 4.57 Å². The van der Waals surface area contributed by atoms with Crippen molar-refractivity contribution in [3.05, 3.63) is 127 Å². The molecule has 3 aromatic heterocycles. The molecule has 0 aliphatic rings. The topological polar surface area (TPSA) is 4.93 Å². The van der Waals surface area contributed by atoms with Crippen molar-refractivity contribution in [2.45, 2.75) is 0 Å². The predicted molar refractivity (Wildman–Crippen MR) is 172 cm³/mol. The Balaban J connectivity index is 1.22. The summed E-state index contributed by atoms with van der Waals surface area (Å²) >= 11 is 3.76. The van der Waals surface area contributed by atoms with Gasteiger partial charge in [0.25, 0.3) is 0 Å². The first-order valence-corrected chi connectivity index (χ1v) is 14.8. The van der Waals surface area contributed by atoms with Crippen molar-refractivity contribution in [1.29, 1.82) is 0 Å². The minimum Gasteiger partial charge on any atom is -0.309 e. The predicted octanol–water partition coefficient (Wildman–Crippen LogP) is 11.2. The van der Waals surface area contributed by atoms with E-state index < -0.39 is 0 Å². The fourth-order valence-electron chi connectivity index (χ4n) is 6.19. The van der Waals surface area contributed by atoms with E-state index in [1.54, 1.807) is 0 Å². The Morgan fingerprint density at radius 1 is 0.359 bits per heavy atom. The van der Waals surface area contributed by atoms with Gasteiger partial charge in [0.05, 0.1) is 11.0 Å². The Morgan fingerprint density at radius 3 is 1.69 bits per heavy atom. The fraction of sp³-hybridized carbons (Fsp3) is 0. The van der Waals surface area contributed by atoms with Crippen LogP contribution in [-0.2, 0) is 0 Å². The van der Waals surface area contributed by atoms with Gasteiger partial charge in [0, 0.05) is 56.8 Å². The molecule has 3 heterocycles. The van der Waals surface area contributed by atoms with Gasteiger partial charge < -0.3 is 4.57 Å². The van der Waals surface area contributed by atoms with Crippen molar-refractivity contribution >= 4 is 84.8 Å². The lowest BCUT2D eigenvalue weighted by Gasteiger charge is -2.08. The van der Waals surface area contributed by atoms with Gasteiger partial charge in [-0.15, -0.1) is 22.7 Å². The molecule has 0 saturated carbocycles. The number of fused-ring (bicyclic) bond motifs is 9. The molecule has 182 valence electrons. The fourth-order valence-corrected chi connectivity index (χ4v) is 8.40. The first-order chi connectivity index (χ1) is 19.3. The van der Waals surface area contributed by atoms with Crippen LogP contribution in [-0.4, -0.2) is 4.57 Å². The van der Waals surface area contributed by atoms with Crippen LogP contribution < -0.4 is 0 Å². The van der Waals surface area contributed by atoms with Crippen LogP contribution in [0.15, 0.2) is 127 Å². The molecule has 0 unspecified atom stereocenters. The third kappa shape index (κ3) is 3.12. The molecule has 0 radical (unpaired) electrons. The van der Waals surface area contributed by atoms with E-state index in [1.165, 1.54) is 79.0 Å². The van der Waals surface area contributed by atoms with Crippen molar-refractivity contribution < 1.29 is 0 Å². The molecule has 0 spiro atoms. The normalized spacial score (nSPS) is 12.1. The van der Waals surface area contributed by atoms with Gasteiger partial charge in [-0.3, -0.25) is 0 Å². The van der Waals surface area contributed by atoms with E-state index in [2.05, 4.69) is 132 Å². The van der Waals surface area contributed by atoms with Gasteiger partial charge in [-0.1, -0.05) is 72.8 Å². The molecular weight excluding hydrogens is 511 g/mol. The summed E-state index contributed by atoms with van der Waals surface area (Å²) < 4.78 is 7.76. The third-order valence-corrected chi connectivity index (χ3v) is 10.3. The van der Waals surface area contributed by atoms with Gasteiger partial charge >= 0.3 is 0 Å². The van der Waals surface area contributed by atoms with Gasteiger partial charge in [-0.25, -0.2) is 0 Å². The van der Waals surface area contributed by atoms with Gasteiger partial charge in [-0.05, 0) is 65.7 Å². The Hall–Kier alpha value is -4.44. The van der Waals surface area contributed by atoms with Crippen LogP contribution in [0.1, 0.15) is 0 Å². The third-order valence-electron chi connectivity index (χ3n) is 8.00. The summed E-state index contributed by atoms with van der Waals surface area (Å²) in [7, 11) is 0. The summed E-state index contributed by atoms with van der Waals surface area (Å²) in [4.78, 5) is 0. The lowest BCUT2D eigenvalue weighted by Crippen LogP contribution is -1.93.